The van der Waals surface area contributed by atoms with E-state index in [2.05, 4.69) is 0 Å². The lowest BCUT2D eigenvalue weighted by molar-refractivity contribution is -0.152. The summed E-state index contributed by atoms with van der Waals surface area (Å²) in [5.74, 6) is -0.0158. The molecular weight excluding hydrogens is 430 g/mol. The number of thioether (sulfide) groups is 1. The topological polar surface area (TPSA) is 82.1 Å². The number of carbonyl (C=O) groups is 3. The molecule has 0 N–H and O–H groups in total. The van der Waals surface area contributed by atoms with E-state index in [0.29, 0.717) is 42.2 Å². The predicted octanol–water partition coefficient (Wildman–Crippen LogP) is 4.45. The van der Waals surface area contributed by atoms with Crippen molar-refractivity contribution in [2.45, 2.75) is 62.6 Å². The van der Waals surface area contributed by atoms with Crippen LogP contribution in [0.15, 0.2) is 23.1 Å². The van der Waals surface area contributed by atoms with Crippen molar-refractivity contribution < 1.29 is 28.6 Å². The molecular formula is C24H33NO6S. The zero-order valence-corrected chi connectivity index (χ0v) is 20.1. The number of likely N-dealkylation sites (tertiary alicyclic amines) is 1. The zero-order chi connectivity index (χ0) is 23.3. The Labute approximate surface area is 194 Å². The summed E-state index contributed by atoms with van der Waals surface area (Å²) in [6.07, 6.45) is 2.98. The number of amides is 1. The van der Waals surface area contributed by atoms with Gasteiger partial charge in [0.2, 0.25) is 0 Å². The van der Waals surface area contributed by atoms with Gasteiger partial charge in [-0.25, -0.2) is 14.4 Å². The van der Waals surface area contributed by atoms with E-state index in [4.69, 9.17) is 14.2 Å². The van der Waals surface area contributed by atoms with Gasteiger partial charge in [-0.15, -0.1) is 11.8 Å². The first-order chi connectivity index (χ1) is 15.4. The van der Waals surface area contributed by atoms with Gasteiger partial charge in [-0.05, 0) is 76.0 Å². The minimum atomic E-state index is -0.610. The number of nitrogens with zero attached hydrogens (tertiary/aromatic N) is 1. The van der Waals surface area contributed by atoms with Crippen LogP contribution in [0.5, 0.6) is 0 Å². The fourth-order valence-electron chi connectivity index (χ4n) is 4.78. The number of benzene rings is 1. The van der Waals surface area contributed by atoms with E-state index in [1.807, 2.05) is 25.1 Å². The lowest BCUT2D eigenvalue weighted by Gasteiger charge is -2.46. The van der Waals surface area contributed by atoms with Gasteiger partial charge in [0.25, 0.3) is 0 Å². The van der Waals surface area contributed by atoms with Crippen LogP contribution in [0.2, 0.25) is 0 Å². The molecule has 0 bridgehead atoms. The van der Waals surface area contributed by atoms with E-state index in [1.54, 1.807) is 25.6 Å². The quantitative estimate of drug-likeness (QED) is 0.455. The summed E-state index contributed by atoms with van der Waals surface area (Å²) in [5.41, 5.74) is 1.71. The van der Waals surface area contributed by atoms with Crippen LogP contribution in [-0.4, -0.2) is 61.1 Å². The minimum Gasteiger partial charge on any atom is -0.464 e. The van der Waals surface area contributed by atoms with Gasteiger partial charge in [-0.2, -0.15) is 0 Å². The lowest BCUT2D eigenvalue weighted by Crippen LogP contribution is -2.55. The number of aryl methyl sites for hydroxylation is 1. The van der Waals surface area contributed by atoms with Gasteiger partial charge < -0.3 is 14.2 Å². The fourth-order valence-corrected chi connectivity index (χ4v) is 6.27. The van der Waals surface area contributed by atoms with Crippen LogP contribution in [0.4, 0.5) is 4.79 Å². The summed E-state index contributed by atoms with van der Waals surface area (Å²) >= 11 is 1.72. The number of fused-ring (bicyclic) bond motifs is 1. The average Bonchev–Trinajstić information content (AvgIpc) is 2.78. The summed E-state index contributed by atoms with van der Waals surface area (Å²) < 4.78 is 15.4. The number of hydrogen-bond donors (Lipinski definition) is 0. The molecule has 176 valence electrons. The van der Waals surface area contributed by atoms with E-state index in [0.717, 1.165) is 29.7 Å². The summed E-state index contributed by atoms with van der Waals surface area (Å²) in [7, 11) is 1.34. The fraction of sp³-hybridized carbons (Fsp3) is 0.625. The molecule has 2 fully saturated rings. The maximum Gasteiger partial charge on any atom is 0.410 e. The number of piperidine rings is 1. The monoisotopic (exact) mass is 463 g/mol. The van der Waals surface area contributed by atoms with E-state index in [-0.39, 0.29) is 18.5 Å². The molecule has 1 aliphatic carbocycles. The highest BCUT2D eigenvalue weighted by atomic mass is 32.2. The molecule has 8 heteroatoms. The lowest BCUT2D eigenvalue weighted by atomic mass is 9.73. The molecule has 0 radical (unpaired) electrons. The molecule has 3 rings (SSSR count). The third-order valence-corrected chi connectivity index (χ3v) is 7.67. The van der Waals surface area contributed by atoms with E-state index >= 15 is 0 Å². The highest BCUT2D eigenvalue weighted by Gasteiger charge is 2.45. The molecule has 1 saturated carbocycles. The molecule has 0 spiro atoms. The Morgan fingerprint density at radius 2 is 1.81 bits per heavy atom. The number of rotatable bonds is 6. The first-order valence-electron chi connectivity index (χ1n) is 11.3. The second-order valence-electron chi connectivity index (χ2n) is 8.42. The standard InChI is InChI=1S/C24H33NO6S/c1-5-30-22(26)19-10-7-15(3)11-21(19)32-18-9-8-16-14-25(24(28)29-4)20(13-17(16)12-18)23(27)31-6-2/h7,10-11,16-18,20H,5-6,8-9,12-14H2,1-4H3/t16-,17-,18-,20-/m0/s1. The normalized spacial score (nSPS) is 24.9. The predicted molar refractivity (Wildman–Crippen MR) is 122 cm³/mol. The van der Waals surface area contributed by atoms with Gasteiger partial charge in [0.05, 0.1) is 25.9 Å². The van der Waals surface area contributed by atoms with Crippen molar-refractivity contribution in [3.8, 4) is 0 Å². The number of carbonyl (C=O) groups excluding carboxylic acids is 3. The molecule has 1 saturated heterocycles. The van der Waals surface area contributed by atoms with E-state index in [9.17, 15) is 14.4 Å². The Morgan fingerprint density at radius 1 is 1.06 bits per heavy atom. The van der Waals surface area contributed by atoms with Crippen molar-refractivity contribution >= 4 is 29.8 Å². The SMILES string of the molecule is CCOC(=O)c1ccc(C)cc1S[C@H]1CC[C@H]2CN(C(=O)OC)[C@H](C(=O)OCC)C[C@@H]2C1. The van der Waals surface area contributed by atoms with Gasteiger partial charge in [0.1, 0.15) is 6.04 Å². The van der Waals surface area contributed by atoms with Gasteiger partial charge >= 0.3 is 18.0 Å². The van der Waals surface area contributed by atoms with Crippen molar-refractivity contribution in [3.05, 3.63) is 29.3 Å². The largest absolute Gasteiger partial charge is 0.464 e. The van der Waals surface area contributed by atoms with Crippen LogP contribution in [0.3, 0.4) is 0 Å². The van der Waals surface area contributed by atoms with Crippen LogP contribution >= 0.6 is 11.8 Å². The van der Waals surface area contributed by atoms with Crippen LogP contribution in [-0.2, 0) is 19.0 Å². The maximum atomic E-state index is 12.6. The summed E-state index contributed by atoms with van der Waals surface area (Å²) in [4.78, 5) is 39.8. The highest BCUT2D eigenvalue weighted by Crippen LogP contribution is 2.45. The number of esters is 2. The summed E-state index contributed by atoms with van der Waals surface area (Å²) in [6.45, 7) is 6.72. The van der Waals surface area contributed by atoms with Crippen molar-refractivity contribution in [2.75, 3.05) is 26.9 Å². The molecule has 1 aromatic rings. The molecule has 1 heterocycles. The van der Waals surface area contributed by atoms with E-state index in [1.165, 1.54) is 12.0 Å². The molecule has 7 nitrogen and oxygen atoms in total. The first-order valence-corrected chi connectivity index (χ1v) is 12.2. The average molecular weight is 464 g/mol. The molecule has 0 aromatic heterocycles. The Hall–Kier alpha value is -2.22. The van der Waals surface area contributed by atoms with Crippen LogP contribution in [0.1, 0.15) is 55.5 Å². The van der Waals surface area contributed by atoms with Crippen molar-refractivity contribution in [2.24, 2.45) is 11.8 Å². The Balaban J connectivity index is 1.74. The molecule has 1 amide bonds. The van der Waals surface area contributed by atoms with Crippen molar-refractivity contribution in [3.63, 3.8) is 0 Å². The first kappa shape index (κ1) is 24.4. The minimum absolute atomic E-state index is 0.279. The molecule has 4 atom stereocenters. The van der Waals surface area contributed by atoms with Crippen molar-refractivity contribution in [1.29, 1.82) is 0 Å². The summed E-state index contributed by atoms with van der Waals surface area (Å²) in [6, 6.07) is 5.21. The molecule has 1 aliphatic heterocycles. The third-order valence-electron chi connectivity index (χ3n) is 6.32. The Bertz CT molecular complexity index is 844. The maximum absolute atomic E-state index is 12.6. The molecule has 2 aliphatic rings. The van der Waals surface area contributed by atoms with E-state index < -0.39 is 12.1 Å². The Morgan fingerprint density at radius 3 is 2.50 bits per heavy atom. The number of hydrogen-bond acceptors (Lipinski definition) is 7. The number of ether oxygens (including phenoxy) is 3. The molecule has 32 heavy (non-hydrogen) atoms. The summed E-state index contributed by atoms with van der Waals surface area (Å²) in [5, 5.41) is 0.332. The van der Waals surface area contributed by atoms with Crippen LogP contribution in [0.25, 0.3) is 0 Å². The third kappa shape index (κ3) is 5.57. The van der Waals surface area contributed by atoms with Gasteiger partial charge in [0.15, 0.2) is 0 Å². The van der Waals surface area contributed by atoms with Gasteiger partial charge in [0, 0.05) is 16.7 Å². The second kappa shape index (κ2) is 11.1. The highest BCUT2D eigenvalue weighted by molar-refractivity contribution is 8.00. The zero-order valence-electron chi connectivity index (χ0n) is 19.3. The van der Waals surface area contributed by atoms with Gasteiger partial charge in [-0.3, -0.25) is 4.90 Å². The number of methoxy groups -OCH3 is 1. The van der Waals surface area contributed by atoms with Crippen molar-refractivity contribution in [1.82, 2.24) is 4.90 Å². The van der Waals surface area contributed by atoms with Gasteiger partial charge in [-0.1, -0.05) is 6.07 Å². The van der Waals surface area contributed by atoms with Crippen LogP contribution < -0.4 is 0 Å². The Kier molecular flexibility index (Phi) is 8.45. The smallest absolute Gasteiger partial charge is 0.410 e. The molecule has 1 aromatic carbocycles. The second-order valence-corrected chi connectivity index (χ2v) is 9.76. The molecule has 0 unspecified atom stereocenters. The van der Waals surface area contributed by atoms with Crippen LogP contribution in [0, 0.1) is 18.8 Å².